The van der Waals surface area contributed by atoms with Crippen LogP contribution in [0, 0.1) is 18.8 Å². The summed E-state index contributed by atoms with van der Waals surface area (Å²) in [4.78, 5) is 14.4. The second-order valence-corrected chi connectivity index (χ2v) is 2.90. The first-order valence-electron chi connectivity index (χ1n) is 4.09. The number of nitrogens with zero attached hydrogens (tertiary/aromatic N) is 1. The molecule has 0 saturated carbocycles. The normalized spacial score (nSPS) is 8.93. The highest BCUT2D eigenvalue weighted by Gasteiger charge is 1.96. The maximum Gasteiger partial charge on any atom is 0.229 e. The van der Waals surface area contributed by atoms with Gasteiger partial charge in [-0.2, -0.15) is 0 Å². The Bertz CT molecular complexity index is 415. The van der Waals surface area contributed by atoms with E-state index in [-0.39, 0.29) is 6.42 Å². The Morgan fingerprint density at radius 3 is 2.93 bits per heavy atom. The predicted molar refractivity (Wildman–Crippen MR) is 54.1 cm³/mol. The number of rotatable bonds is 1. The number of hydrogen-bond donors (Lipinski definition) is 2. The lowest BCUT2D eigenvalue weighted by Crippen LogP contribution is -2.08. The summed E-state index contributed by atoms with van der Waals surface area (Å²) in [5, 5.41) is 0. The first-order valence-corrected chi connectivity index (χ1v) is 4.09. The van der Waals surface area contributed by atoms with Crippen molar-refractivity contribution in [3.8, 4) is 11.8 Å². The number of hydrogen-bond acceptors (Lipinski definition) is 3. The Kier molecular flexibility index (Phi) is 3.08. The zero-order valence-electron chi connectivity index (χ0n) is 7.87. The number of carbonyl (C=O) groups excluding carboxylic acids is 1. The summed E-state index contributed by atoms with van der Waals surface area (Å²) in [5.41, 5.74) is 12.6. The molecule has 1 heterocycles. The second-order valence-electron chi connectivity index (χ2n) is 2.90. The van der Waals surface area contributed by atoms with Crippen LogP contribution < -0.4 is 11.5 Å². The largest absolute Gasteiger partial charge is 0.396 e. The molecule has 0 spiro atoms. The fraction of sp³-hybridized carbons (Fsp3) is 0.200. The average Bonchev–Trinajstić information content (AvgIpc) is 2.08. The summed E-state index contributed by atoms with van der Waals surface area (Å²) >= 11 is 0. The van der Waals surface area contributed by atoms with Gasteiger partial charge in [0.05, 0.1) is 12.1 Å². The molecule has 0 bridgehead atoms. The lowest BCUT2D eigenvalue weighted by molar-refractivity contribution is -0.117. The number of amides is 1. The molecule has 0 aliphatic heterocycles. The van der Waals surface area contributed by atoms with E-state index in [1.807, 2.05) is 6.92 Å². The SMILES string of the molecule is Cc1cnc(C#CCC(N)=O)c(N)c1. The average molecular weight is 189 g/mol. The Morgan fingerprint density at radius 1 is 1.64 bits per heavy atom. The van der Waals surface area contributed by atoms with Crippen LogP contribution in [0.2, 0.25) is 0 Å². The molecule has 1 aromatic heterocycles. The van der Waals surface area contributed by atoms with E-state index in [0.717, 1.165) is 5.56 Å². The van der Waals surface area contributed by atoms with Crippen molar-refractivity contribution in [2.45, 2.75) is 13.3 Å². The molecule has 4 heteroatoms. The minimum Gasteiger partial charge on any atom is -0.396 e. The van der Waals surface area contributed by atoms with E-state index in [2.05, 4.69) is 16.8 Å². The highest BCUT2D eigenvalue weighted by molar-refractivity contribution is 5.76. The van der Waals surface area contributed by atoms with E-state index in [4.69, 9.17) is 11.5 Å². The third-order valence-corrected chi connectivity index (χ3v) is 1.52. The van der Waals surface area contributed by atoms with Crippen molar-refractivity contribution >= 4 is 11.6 Å². The van der Waals surface area contributed by atoms with Crippen LogP contribution in [0.3, 0.4) is 0 Å². The van der Waals surface area contributed by atoms with Gasteiger partial charge in [0.1, 0.15) is 5.69 Å². The Balaban J connectivity index is 2.85. The van der Waals surface area contributed by atoms with Crippen molar-refractivity contribution < 1.29 is 4.79 Å². The number of carbonyl (C=O) groups is 1. The highest BCUT2D eigenvalue weighted by Crippen LogP contribution is 2.08. The van der Waals surface area contributed by atoms with Crippen LogP contribution in [-0.4, -0.2) is 10.9 Å². The van der Waals surface area contributed by atoms with Gasteiger partial charge in [0.15, 0.2) is 0 Å². The van der Waals surface area contributed by atoms with E-state index < -0.39 is 5.91 Å². The summed E-state index contributed by atoms with van der Waals surface area (Å²) in [5.74, 6) is 4.82. The highest BCUT2D eigenvalue weighted by atomic mass is 16.1. The first kappa shape index (κ1) is 10.1. The van der Waals surface area contributed by atoms with Gasteiger partial charge in [0.25, 0.3) is 0 Å². The van der Waals surface area contributed by atoms with Crippen LogP contribution in [0.1, 0.15) is 17.7 Å². The molecule has 0 aliphatic rings. The Labute approximate surface area is 82.3 Å². The third-order valence-electron chi connectivity index (χ3n) is 1.52. The van der Waals surface area contributed by atoms with Crippen molar-refractivity contribution in [2.24, 2.45) is 5.73 Å². The molecule has 0 fully saturated rings. The molecule has 4 nitrogen and oxygen atoms in total. The van der Waals surface area contributed by atoms with Crippen LogP contribution in [0.25, 0.3) is 0 Å². The maximum absolute atomic E-state index is 10.4. The summed E-state index contributed by atoms with van der Waals surface area (Å²) in [6.07, 6.45) is 1.69. The lowest BCUT2D eigenvalue weighted by atomic mass is 10.2. The fourth-order valence-electron chi connectivity index (χ4n) is 0.911. The number of aryl methyl sites for hydroxylation is 1. The van der Waals surface area contributed by atoms with E-state index in [1.54, 1.807) is 12.3 Å². The van der Waals surface area contributed by atoms with Crippen LogP contribution >= 0.6 is 0 Å². The van der Waals surface area contributed by atoms with Crippen molar-refractivity contribution in [1.29, 1.82) is 0 Å². The van der Waals surface area contributed by atoms with E-state index in [1.165, 1.54) is 0 Å². The smallest absolute Gasteiger partial charge is 0.229 e. The van der Waals surface area contributed by atoms with Crippen LogP contribution in [0.4, 0.5) is 5.69 Å². The third kappa shape index (κ3) is 2.79. The van der Waals surface area contributed by atoms with Crippen molar-refractivity contribution in [3.63, 3.8) is 0 Å². The molecule has 1 amide bonds. The monoisotopic (exact) mass is 189 g/mol. The van der Waals surface area contributed by atoms with Gasteiger partial charge in [-0.3, -0.25) is 4.79 Å². The molecular formula is C10H11N3O. The molecule has 0 aliphatic carbocycles. The molecular weight excluding hydrogens is 178 g/mol. The molecule has 0 radical (unpaired) electrons. The minimum absolute atomic E-state index is 0.0228. The van der Waals surface area contributed by atoms with Crippen molar-refractivity contribution in [3.05, 3.63) is 23.5 Å². The lowest BCUT2D eigenvalue weighted by Gasteiger charge is -1.97. The fourth-order valence-corrected chi connectivity index (χ4v) is 0.911. The van der Waals surface area contributed by atoms with Gasteiger partial charge in [-0.1, -0.05) is 5.92 Å². The van der Waals surface area contributed by atoms with E-state index in [0.29, 0.717) is 11.4 Å². The predicted octanol–water partition coefficient (Wildman–Crippen LogP) is 0.199. The van der Waals surface area contributed by atoms with Crippen molar-refractivity contribution in [1.82, 2.24) is 4.98 Å². The standard InChI is InChI=1S/C10H11N3O/c1-7-5-8(11)9(13-6-7)3-2-4-10(12)14/h5-6H,4,11H2,1H3,(H2,12,14). The minimum atomic E-state index is -0.455. The van der Waals surface area contributed by atoms with Crippen molar-refractivity contribution in [2.75, 3.05) is 5.73 Å². The number of anilines is 1. The summed E-state index contributed by atoms with van der Waals surface area (Å²) in [7, 11) is 0. The summed E-state index contributed by atoms with van der Waals surface area (Å²) in [6.45, 7) is 1.89. The second kappa shape index (κ2) is 4.28. The first-order chi connectivity index (χ1) is 6.59. The van der Waals surface area contributed by atoms with Gasteiger partial charge < -0.3 is 11.5 Å². The molecule has 0 atom stereocenters. The van der Waals surface area contributed by atoms with Gasteiger partial charge in [0.2, 0.25) is 5.91 Å². The summed E-state index contributed by atoms with van der Waals surface area (Å²) < 4.78 is 0. The topological polar surface area (TPSA) is 82.0 Å². The molecule has 0 unspecified atom stereocenters. The number of nitrogens with two attached hydrogens (primary N) is 2. The molecule has 0 saturated heterocycles. The zero-order chi connectivity index (χ0) is 10.6. The number of pyridine rings is 1. The Morgan fingerprint density at radius 2 is 2.36 bits per heavy atom. The van der Waals surface area contributed by atoms with Gasteiger partial charge in [-0.05, 0) is 24.5 Å². The molecule has 14 heavy (non-hydrogen) atoms. The van der Waals surface area contributed by atoms with Crippen LogP contribution in [0.15, 0.2) is 12.3 Å². The van der Waals surface area contributed by atoms with Gasteiger partial charge in [-0.25, -0.2) is 4.98 Å². The van der Waals surface area contributed by atoms with Gasteiger partial charge in [-0.15, -0.1) is 0 Å². The molecule has 72 valence electrons. The molecule has 1 rings (SSSR count). The number of primary amides is 1. The summed E-state index contributed by atoms with van der Waals surface area (Å²) in [6, 6.07) is 1.78. The molecule has 0 aromatic carbocycles. The van der Waals surface area contributed by atoms with Crippen LogP contribution in [0.5, 0.6) is 0 Å². The molecule has 4 N–H and O–H groups in total. The zero-order valence-corrected chi connectivity index (χ0v) is 7.87. The Hall–Kier alpha value is -2.02. The van der Waals surface area contributed by atoms with E-state index >= 15 is 0 Å². The van der Waals surface area contributed by atoms with Crippen LogP contribution in [-0.2, 0) is 4.79 Å². The van der Waals surface area contributed by atoms with Gasteiger partial charge in [0, 0.05) is 6.20 Å². The van der Waals surface area contributed by atoms with Gasteiger partial charge >= 0.3 is 0 Å². The number of aromatic nitrogens is 1. The van der Waals surface area contributed by atoms with E-state index in [9.17, 15) is 4.79 Å². The quantitative estimate of drug-likeness (QED) is 0.619. The maximum atomic E-state index is 10.4. The number of nitrogen functional groups attached to an aromatic ring is 1. The molecule has 1 aromatic rings.